The fourth-order valence-electron chi connectivity index (χ4n) is 10.3. The molecule has 6 heterocycles. The average molecular weight is 1040 g/mol. The van der Waals surface area contributed by atoms with Gasteiger partial charge in [-0.15, -0.1) is 0 Å². The Morgan fingerprint density at radius 1 is 0.920 bits per heavy atom. The molecule has 5 aliphatic heterocycles. The van der Waals surface area contributed by atoms with Gasteiger partial charge in [-0.2, -0.15) is 15.2 Å². The number of aromatic nitrogens is 2. The minimum absolute atomic E-state index is 0.125. The number of amides is 6. The number of likely N-dealkylation sites (N-methyl/N-ethyl adjacent to an activating group) is 1. The number of piperidine rings is 1. The van der Waals surface area contributed by atoms with Crippen molar-refractivity contribution in [3.8, 4) is 23.6 Å². The summed E-state index contributed by atoms with van der Waals surface area (Å²) >= 11 is 6.78. The lowest BCUT2D eigenvalue weighted by Crippen LogP contribution is -2.52. The number of likely N-dealkylation sites (tertiary alicyclic amines) is 1. The van der Waals surface area contributed by atoms with E-state index in [-0.39, 0.29) is 55.8 Å². The van der Waals surface area contributed by atoms with Crippen molar-refractivity contribution in [1.82, 2.24) is 35.3 Å². The quantitative estimate of drug-likeness (QED) is 0.0832. The first-order chi connectivity index (χ1) is 36.3. The number of fused-ring (bicyclic) bond motifs is 3. The maximum Gasteiger partial charge on any atom is 0.319 e. The number of piperazine rings is 1. The molecule has 0 saturated carbocycles. The van der Waals surface area contributed by atoms with E-state index in [9.17, 15) is 24.0 Å². The first-order valence-corrected chi connectivity index (χ1v) is 25.5. The van der Waals surface area contributed by atoms with Crippen LogP contribution >= 0.6 is 11.6 Å². The molecule has 4 aromatic carbocycles. The van der Waals surface area contributed by atoms with Crippen LogP contribution < -0.4 is 40.0 Å². The molecule has 390 valence electrons. The van der Waals surface area contributed by atoms with Crippen LogP contribution in [0.3, 0.4) is 0 Å². The third kappa shape index (κ3) is 11.6. The van der Waals surface area contributed by atoms with E-state index in [1.165, 1.54) is 18.9 Å². The second-order valence-corrected chi connectivity index (χ2v) is 19.5. The lowest BCUT2D eigenvalue weighted by atomic mass is 10.0. The highest BCUT2D eigenvalue weighted by Gasteiger charge is 2.39. The molecule has 5 aliphatic rings. The van der Waals surface area contributed by atoms with Crippen LogP contribution in [0, 0.1) is 11.3 Å². The van der Waals surface area contributed by atoms with Crippen molar-refractivity contribution in [3.05, 3.63) is 118 Å². The molecule has 10 rings (SSSR count). The van der Waals surface area contributed by atoms with Crippen LogP contribution in [0.4, 0.5) is 22.0 Å². The SMILES string of the molecule is C=C(COc1ccc(OC)cc1NC(=O)NCc1ccc2c(c1)CN(C1CCC(=O)NC1=O)C2=O)C(=O)N1CCN(c2nc(OCC3CCCN3C)nc3c2CCN(c2cccc4cccc(Cl)c24)C3)CC1.CC#N. The Balaban J connectivity index is 0.00000224. The number of urea groups is 1. The van der Waals surface area contributed by atoms with Crippen LogP contribution in [0.15, 0.2) is 84.9 Å². The maximum atomic E-state index is 13.9. The van der Waals surface area contributed by atoms with E-state index in [1.54, 1.807) is 41.3 Å². The normalized spacial score (nSPS) is 18.3. The Labute approximate surface area is 440 Å². The number of nitriles is 1. The van der Waals surface area contributed by atoms with E-state index < -0.39 is 18.0 Å². The average Bonchev–Trinajstić information content (AvgIpc) is 3.99. The van der Waals surface area contributed by atoms with E-state index in [1.807, 2.05) is 18.2 Å². The van der Waals surface area contributed by atoms with Gasteiger partial charge in [-0.05, 0) is 86.1 Å². The summed E-state index contributed by atoms with van der Waals surface area (Å²) in [6.07, 6.45) is 3.36. The van der Waals surface area contributed by atoms with Crippen LogP contribution in [0.1, 0.15) is 65.3 Å². The molecule has 5 aromatic rings. The number of imide groups is 1. The molecule has 3 saturated heterocycles. The van der Waals surface area contributed by atoms with Crippen LogP contribution in [0.25, 0.3) is 10.8 Å². The smallest absolute Gasteiger partial charge is 0.319 e. The molecule has 3 fully saturated rings. The second kappa shape index (κ2) is 23.1. The summed E-state index contributed by atoms with van der Waals surface area (Å²) in [6, 6.07) is 23.6. The Hall–Kier alpha value is -7.95. The fourth-order valence-corrected chi connectivity index (χ4v) is 10.6. The maximum absolute atomic E-state index is 13.9. The Morgan fingerprint density at radius 2 is 1.71 bits per heavy atom. The van der Waals surface area contributed by atoms with Crippen LogP contribution in [0.2, 0.25) is 5.02 Å². The number of nitrogens with one attached hydrogen (secondary N) is 3. The van der Waals surface area contributed by atoms with Crippen molar-refractivity contribution in [1.29, 1.82) is 5.26 Å². The molecule has 19 nitrogen and oxygen atoms in total. The number of halogens is 1. The second-order valence-electron chi connectivity index (χ2n) is 19.1. The number of anilines is 3. The lowest BCUT2D eigenvalue weighted by molar-refractivity contribution is -0.137. The highest BCUT2D eigenvalue weighted by atomic mass is 35.5. The molecule has 75 heavy (non-hydrogen) atoms. The van der Waals surface area contributed by atoms with Gasteiger partial charge >= 0.3 is 12.0 Å². The number of methoxy groups -OCH3 is 1. The predicted molar refractivity (Wildman–Crippen MR) is 283 cm³/mol. The molecule has 6 amide bonds. The largest absolute Gasteiger partial charge is 0.497 e. The topological polar surface area (TPSA) is 215 Å². The van der Waals surface area contributed by atoms with E-state index in [0.717, 1.165) is 77.0 Å². The van der Waals surface area contributed by atoms with E-state index in [0.29, 0.717) is 79.2 Å². The molecule has 0 radical (unpaired) electrons. The molecule has 2 atom stereocenters. The van der Waals surface area contributed by atoms with Gasteiger partial charge in [-0.3, -0.25) is 24.5 Å². The van der Waals surface area contributed by atoms with Gasteiger partial charge in [-0.1, -0.05) is 54.6 Å². The molecule has 0 aliphatic carbocycles. The third-order valence-corrected chi connectivity index (χ3v) is 14.6. The zero-order valence-corrected chi connectivity index (χ0v) is 43.1. The first kappa shape index (κ1) is 51.9. The highest BCUT2D eigenvalue weighted by molar-refractivity contribution is 6.36. The van der Waals surface area contributed by atoms with Gasteiger partial charge < -0.3 is 49.3 Å². The number of ether oxygens (including phenoxy) is 3. The molecule has 3 N–H and O–H groups in total. The van der Waals surface area contributed by atoms with Crippen LogP contribution in [-0.2, 0) is 40.4 Å². The summed E-state index contributed by atoms with van der Waals surface area (Å²) in [7, 11) is 3.64. The lowest BCUT2D eigenvalue weighted by Gasteiger charge is -2.38. The van der Waals surface area contributed by atoms with Gasteiger partial charge in [-0.25, -0.2) is 4.79 Å². The summed E-state index contributed by atoms with van der Waals surface area (Å²) in [6.45, 7) is 10.6. The van der Waals surface area contributed by atoms with Crippen molar-refractivity contribution < 1.29 is 38.2 Å². The van der Waals surface area contributed by atoms with E-state index >= 15 is 0 Å². The van der Waals surface area contributed by atoms with E-state index in [2.05, 4.69) is 68.5 Å². The van der Waals surface area contributed by atoms with Gasteiger partial charge in [0, 0.05) is 99.0 Å². The molecule has 20 heteroatoms. The molecule has 1 aromatic heterocycles. The third-order valence-electron chi connectivity index (χ3n) is 14.3. The number of benzene rings is 4. The zero-order chi connectivity index (χ0) is 52.8. The van der Waals surface area contributed by atoms with Gasteiger partial charge in [0.1, 0.15) is 36.6 Å². The predicted octanol–water partition coefficient (Wildman–Crippen LogP) is 6.22. The van der Waals surface area contributed by atoms with E-state index in [4.69, 9.17) is 41.0 Å². The number of carbonyl (C=O) groups is 5. The highest BCUT2D eigenvalue weighted by Crippen LogP contribution is 2.38. The molecule has 0 bridgehead atoms. The minimum atomic E-state index is -0.719. The number of hydrogen-bond acceptors (Lipinski definition) is 14. The zero-order valence-electron chi connectivity index (χ0n) is 42.3. The van der Waals surface area contributed by atoms with Crippen molar-refractivity contribution in [3.63, 3.8) is 0 Å². The first-order valence-electron chi connectivity index (χ1n) is 25.1. The number of hydrogen-bond donors (Lipinski definition) is 3. The number of rotatable bonds is 14. The molecular formula is C55H60ClN11O8. The summed E-state index contributed by atoms with van der Waals surface area (Å²) < 4.78 is 17.9. The number of carbonyl (C=O) groups excluding carboxylic acids is 5. The Kier molecular flexibility index (Phi) is 16.0. The van der Waals surface area contributed by atoms with Gasteiger partial charge in [0.2, 0.25) is 11.8 Å². The Morgan fingerprint density at radius 3 is 2.45 bits per heavy atom. The fraction of sp³-hybridized carbons (Fsp3) is 0.382. The molecule has 0 spiro atoms. The van der Waals surface area contributed by atoms with Gasteiger partial charge in [0.25, 0.3) is 11.8 Å². The van der Waals surface area contributed by atoms with Crippen LogP contribution in [0.5, 0.6) is 17.5 Å². The molecular weight excluding hydrogens is 978 g/mol. The van der Waals surface area contributed by atoms with Crippen LogP contribution in [-0.4, -0.2) is 133 Å². The summed E-state index contributed by atoms with van der Waals surface area (Å²) in [5.74, 6) is 0.299. The summed E-state index contributed by atoms with van der Waals surface area (Å²) in [5, 5.41) is 18.1. The van der Waals surface area contributed by atoms with Gasteiger partial charge in [0.05, 0.1) is 36.1 Å². The molecule has 2 unspecified atom stereocenters. The van der Waals surface area contributed by atoms with Crippen molar-refractivity contribution >= 4 is 69.2 Å². The van der Waals surface area contributed by atoms with Gasteiger partial charge in [0.15, 0.2) is 0 Å². The van der Waals surface area contributed by atoms with Crippen molar-refractivity contribution in [2.24, 2.45) is 0 Å². The van der Waals surface area contributed by atoms with Crippen molar-refractivity contribution in [2.45, 2.75) is 70.7 Å². The number of nitrogens with zero attached hydrogens (tertiary/aromatic N) is 8. The monoisotopic (exact) mass is 1040 g/mol. The minimum Gasteiger partial charge on any atom is -0.497 e. The summed E-state index contributed by atoms with van der Waals surface area (Å²) in [5.41, 5.74) is 5.58. The Bertz CT molecular complexity index is 3080. The standard InChI is InChI=1S/C53H57ClN10O8.C2H3N/c1-32(30-71-45-16-13-37(70-3)26-41(45)56-52(69)55-27-33-12-14-38-35(25-33)28-64(51(38)68)44-15-17-46(65)58-49(44)66)50(67)62-23-21-61(22-24-62)48-39-18-20-63(43-11-5-8-34-7-4-10-40(54)47(34)43)29-42(39)57-53(59-48)72-31-36-9-6-19-60(36)2;1-2-3/h4-5,7-8,10-14,16,25-26,36,44H,1,6,9,15,17-24,27-31H2,2-3H3,(H2,55,56,69)(H,58,65,66);1H3. The van der Waals surface area contributed by atoms with Crippen molar-refractivity contribution in [2.75, 3.05) is 81.8 Å². The summed E-state index contributed by atoms with van der Waals surface area (Å²) in [4.78, 5) is 84.7.